The van der Waals surface area contributed by atoms with Crippen molar-refractivity contribution in [3.8, 4) is 11.6 Å². The van der Waals surface area contributed by atoms with E-state index < -0.39 is 0 Å². The molecule has 0 spiro atoms. The highest BCUT2D eigenvalue weighted by Crippen LogP contribution is 2.32. The minimum atomic E-state index is 0.0741. The van der Waals surface area contributed by atoms with Crippen LogP contribution in [0.3, 0.4) is 0 Å². The van der Waals surface area contributed by atoms with E-state index in [-0.39, 0.29) is 5.91 Å². The van der Waals surface area contributed by atoms with E-state index in [0.29, 0.717) is 31.9 Å². The van der Waals surface area contributed by atoms with Gasteiger partial charge in [0.05, 0.1) is 18.0 Å². The minimum absolute atomic E-state index is 0.0741. The third kappa shape index (κ3) is 5.27. The summed E-state index contributed by atoms with van der Waals surface area (Å²) in [4.78, 5) is 17.4. The van der Waals surface area contributed by atoms with Gasteiger partial charge in [-0.15, -0.1) is 0 Å². The van der Waals surface area contributed by atoms with Crippen LogP contribution in [0.4, 0.5) is 0 Å². The fourth-order valence-corrected chi connectivity index (χ4v) is 4.65. The van der Waals surface area contributed by atoms with Crippen LogP contribution in [-0.4, -0.2) is 33.8 Å². The summed E-state index contributed by atoms with van der Waals surface area (Å²) < 4.78 is 7.80. The maximum atomic E-state index is 12.5. The average molecular weight is 447 g/mol. The number of hydrogen-bond acceptors (Lipinski definition) is 4. The first kappa shape index (κ1) is 23.0. The number of hydrogen-bond donors (Lipinski definition) is 1. The predicted octanol–water partition coefficient (Wildman–Crippen LogP) is 5.38. The Morgan fingerprint density at radius 2 is 1.97 bits per heavy atom. The topological polar surface area (TPSA) is 69.0 Å². The van der Waals surface area contributed by atoms with Crippen molar-refractivity contribution < 1.29 is 9.53 Å². The first-order valence-electron chi connectivity index (χ1n) is 12.1. The molecular formula is C27H34N4O2. The SMILES string of the molecule is CCOc1nc2c(c(C)nn2-c2ccccc2)c(C)c1CCC(=O)NCCC1=CCCCC1. The zero-order valence-electron chi connectivity index (χ0n) is 20.0. The molecule has 3 aromatic rings. The van der Waals surface area contributed by atoms with Crippen LogP contribution < -0.4 is 10.1 Å². The van der Waals surface area contributed by atoms with Crippen LogP contribution in [0.5, 0.6) is 5.88 Å². The van der Waals surface area contributed by atoms with Gasteiger partial charge < -0.3 is 10.1 Å². The van der Waals surface area contributed by atoms with Gasteiger partial charge in [-0.1, -0.05) is 29.8 Å². The number of carbonyl (C=O) groups excluding carboxylic acids is 1. The van der Waals surface area contributed by atoms with Crippen molar-refractivity contribution in [1.82, 2.24) is 20.1 Å². The lowest BCUT2D eigenvalue weighted by atomic mass is 9.97. The fraction of sp³-hybridized carbons (Fsp3) is 0.444. The molecule has 1 aromatic carbocycles. The number of pyridine rings is 1. The van der Waals surface area contributed by atoms with E-state index in [1.807, 2.05) is 48.9 Å². The summed E-state index contributed by atoms with van der Waals surface area (Å²) >= 11 is 0. The average Bonchev–Trinajstić information content (AvgIpc) is 3.16. The molecule has 2 heterocycles. The summed E-state index contributed by atoms with van der Waals surface area (Å²) in [6.07, 6.45) is 9.22. The predicted molar refractivity (Wildman–Crippen MR) is 132 cm³/mol. The molecule has 2 aromatic heterocycles. The summed E-state index contributed by atoms with van der Waals surface area (Å²) in [5.74, 6) is 0.671. The molecule has 33 heavy (non-hydrogen) atoms. The Morgan fingerprint density at radius 1 is 1.15 bits per heavy atom. The molecule has 0 atom stereocenters. The summed E-state index contributed by atoms with van der Waals surface area (Å²) in [6, 6.07) is 10.0. The molecule has 4 rings (SSSR count). The molecule has 1 aliphatic carbocycles. The molecule has 0 radical (unpaired) electrons. The number of para-hydroxylation sites is 1. The zero-order chi connectivity index (χ0) is 23.2. The third-order valence-electron chi connectivity index (χ3n) is 6.37. The standard InChI is InChI=1S/C27H34N4O2/c1-4-33-27-23(15-16-24(32)28-18-17-21-11-7-5-8-12-21)19(2)25-20(3)30-31(26(25)29-27)22-13-9-6-10-14-22/h6,9-11,13-14H,4-5,7-8,12,15-18H2,1-3H3,(H,28,32). The molecule has 0 unspecified atom stereocenters. The molecule has 1 N–H and O–H groups in total. The smallest absolute Gasteiger partial charge is 0.220 e. The molecule has 0 aliphatic heterocycles. The van der Waals surface area contributed by atoms with Crippen LogP contribution in [0.25, 0.3) is 16.7 Å². The minimum Gasteiger partial charge on any atom is -0.478 e. The van der Waals surface area contributed by atoms with Gasteiger partial charge in [-0.3, -0.25) is 4.79 Å². The lowest BCUT2D eigenvalue weighted by Gasteiger charge is -2.15. The van der Waals surface area contributed by atoms with Gasteiger partial charge in [-0.05, 0) is 77.0 Å². The van der Waals surface area contributed by atoms with Crippen molar-refractivity contribution in [3.05, 3.63) is 58.8 Å². The summed E-state index contributed by atoms with van der Waals surface area (Å²) in [7, 11) is 0. The van der Waals surface area contributed by atoms with Crippen molar-refractivity contribution in [2.75, 3.05) is 13.2 Å². The van der Waals surface area contributed by atoms with Crippen molar-refractivity contribution in [2.45, 2.75) is 65.7 Å². The van der Waals surface area contributed by atoms with Crippen LogP contribution >= 0.6 is 0 Å². The summed E-state index contributed by atoms with van der Waals surface area (Å²) in [6.45, 7) is 7.27. The number of aryl methyl sites for hydroxylation is 2. The number of aromatic nitrogens is 3. The van der Waals surface area contributed by atoms with Gasteiger partial charge in [-0.25, -0.2) is 4.68 Å². The zero-order valence-corrected chi connectivity index (χ0v) is 20.0. The van der Waals surface area contributed by atoms with Crippen LogP contribution in [0.2, 0.25) is 0 Å². The highest BCUT2D eigenvalue weighted by molar-refractivity contribution is 5.86. The number of carbonyl (C=O) groups is 1. The molecular weight excluding hydrogens is 412 g/mol. The van der Waals surface area contributed by atoms with Crippen LogP contribution in [0, 0.1) is 13.8 Å². The van der Waals surface area contributed by atoms with Gasteiger partial charge in [0, 0.05) is 23.9 Å². The van der Waals surface area contributed by atoms with Crippen molar-refractivity contribution >= 4 is 16.9 Å². The third-order valence-corrected chi connectivity index (χ3v) is 6.37. The van der Waals surface area contributed by atoms with E-state index in [1.165, 1.54) is 31.3 Å². The molecule has 0 bridgehead atoms. The lowest BCUT2D eigenvalue weighted by Crippen LogP contribution is -2.25. The monoisotopic (exact) mass is 446 g/mol. The first-order chi connectivity index (χ1) is 16.1. The van der Waals surface area contributed by atoms with Crippen molar-refractivity contribution in [3.63, 3.8) is 0 Å². The Balaban J connectivity index is 1.52. The second kappa shape index (κ2) is 10.6. The van der Waals surface area contributed by atoms with Gasteiger partial charge in [0.15, 0.2) is 5.65 Å². The van der Waals surface area contributed by atoms with Gasteiger partial charge >= 0.3 is 0 Å². The number of fused-ring (bicyclic) bond motifs is 1. The quantitative estimate of drug-likeness (QED) is 0.448. The lowest BCUT2D eigenvalue weighted by molar-refractivity contribution is -0.121. The number of allylic oxidation sites excluding steroid dienone is 1. The second-order valence-corrected chi connectivity index (χ2v) is 8.69. The number of amides is 1. The molecule has 0 saturated heterocycles. The molecule has 6 heteroatoms. The maximum Gasteiger partial charge on any atom is 0.220 e. The van der Waals surface area contributed by atoms with Gasteiger partial charge in [0.1, 0.15) is 0 Å². The van der Waals surface area contributed by atoms with Crippen LogP contribution in [0.15, 0.2) is 42.0 Å². The van der Waals surface area contributed by atoms with Gasteiger partial charge in [-0.2, -0.15) is 10.1 Å². The number of nitrogens with zero attached hydrogens (tertiary/aromatic N) is 3. The van der Waals surface area contributed by atoms with Crippen LogP contribution in [-0.2, 0) is 11.2 Å². The van der Waals surface area contributed by atoms with E-state index in [4.69, 9.17) is 14.8 Å². The second-order valence-electron chi connectivity index (χ2n) is 8.69. The van der Waals surface area contributed by atoms with Gasteiger partial charge in [0.25, 0.3) is 0 Å². The van der Waals surface area contributed by atoms with Crippen LogP contribution in [0.1, 0.15) is 62.3 Å². The molecule has 0 saturated carbocycles. The van der Waals surface area contributed by atoms with E-state index in [9.17, 15) is 4.79 Å². The highest BCUT2D eigenvalue weighted by atomic mass is 16.5. The Bertz CT molecular complexity index is 1150. The molecule has 1 amide bonds. The van der Waals surface area contributed by atoms with Crippen molar-refractivity contribution in [1.29, 1.82) is 0 Å². The Morgan fingerprint density at radius 3 is 2.70 bits per heavy atom. The Kier molecular flexibility index (Phi) is 7.43. The van der Waals surface area contributed by atoms with Crippen molar-refractivity contribution in [2.24, 2.45) is 0 Å². The van der Waals surface area contributed by atoms with Gasteiger partial charge in [0.2, 0.25) is 11.8 Å². The summed E-state index contributed by atoms with van der Waals surface area (Å²) in [5, 5.41) is 8.87. The van der Waals surface area contributed by atoms with E-state index >= 15 is 0 Å². The van der Waals surface area contributed by atoms with E-state index in [2.05, 4.69) is 18.3 Å². The summed E-state index contributed by atoms with van der Waals surface area (Å²) in [5.41, 5.74) is 6.23. The van der Waals surface area contributed by atoms with E-state index in [0.717, 1.165) is 40.0 Å². The maximum absolute atomic E-state index is 12.5. The number of benzene rings is 1. The Hall–Kier alpha value is -3.15. The number of rotatable bonds is 9. The normalized spacial score (nSPS) is 13.7. The highest BCUT2D eigenvalue weighted by Gasteiger charge is 2.20. The van der Waals surface area contributed by atoms with E-state index in [1.54, 1.807) is 0 Å². The number of ether oxygens (including phenoxy) is 1. The largest absolute Gasteiger partial charge is 0.478 e. The molecule has 0 fully saturated rings. The molecule has 174 valence electrons. The number of nitrogens with one attached hydrogen (secondary N) is 1. The fourth-order valence-electron chi connectivity index (χ4n) is 4.65. The first-order valence-corrected chi connectivity index (χ1v) is 12.1. The molecule has 6 nitrogen and oxygen atoms in total. The molecule has 1 aliphatic rings. The Labute approximate surface area is 196 Å².